The minimum atomic E-state index is -0.622. The Kier molecular flexibility index (Phi) is 9.46. The van der Waals surface area contributed by atoms with E-state index in [1.54, 1.807) is 24.0 Å². The molecule has 0 aliphatic carbocycles. The minimum absolute atomic E-state index is 0.116. The van der Waals surface area contributed by atoms with Crippen molar-refractivity contribution in [1.29, 1.82) is 0 Å². The first-order valence-corrected chi connectivity index (χ1v) is 11.5. The Labute approximate surface area is 188 Å². The lowest BCUT2D eigenvalue weighted by Gasteiger charge is -2.28. The summed E-state index contributed by atoms with van der Waals surface area (Å²) < 4.78 is 14.9. The van der Waals surface area contributed by atoms with Gasteiger partial charge in [-0.25, -0.2) is 4.39 Å². The topological polar surface area (TPSA) is 49.4 Å². The number of nitrogens with one attached hydrogen (secondary N) is 1. The summed E-state index contributed by atoms with van der Waals surface area (Å²) >= 11 is 10.7. The average Bonchev–Trinajstić information content (AvgIpc) is 2.69. The molecule has 0 aliphatic rings. The van der Waals surface area contributed by atoms with Crippen LogP contribution in [0.4, 0.5) is 4.39 Å². The lowest BCUT2D eigenvalue weighted by atomic mass is 10.1. The van der Waals surface area contributed by atoms with Crippen LogP contribution in [0.1, 0.15) is 25.0 Å². The zero-order chi connectivity index (χ0) is 21.4. The molecule has 1 atom stereocenters. The van der Waals surface area contributed by atoms with Gasteiger partial charge in [0.05, 0.1) is 5.75 Å². The van der Waals surface area contributed by atoms with Crippen molar-refractivity contribution in [3.8, 4) is 0 Å². The molecule has 156 valence electrons. The lowest BCUT2D eigenvalue weighted by Crippen LogP contribution is -2.48. The second-order valence-electron chi connectivity index (χ2n) is 6.41. The van der Waals surface area contributed by atoms with Crippen molar-refractivity contribution in [3.63, 3.8) is 0 Å². The van der Waals surface area contributed by atoms with Gasteiger partial charge in [-0.1, -0.05) is 45.7 Å². The molecule has 2 amide bonds. The largest absolute Gasteiger partial charge is 0.355 e. The fourth-order valence-corrected chi connectivity index (χ4v) is 4.20. The van der Waals surface area contributed by atoms with Crippen LogP contribution < -0.4 is 5.32 Å². The zero-order valence-electron chi connectivity index (χ0n) is 16.3. The summed E-state index contributed by atoms with van der Waals surface area (Å²) in [4.78, 5) is 26.8. The van der Waals surface area contributed by atoms with Crippen LogP contribution in [0.5, 0.6) is 0 Å². The van der Waals surface area contributed by atoms with Crippen LogP contribution in [0.2, 0.25) is 5.02 Å². The molecule has 0 fully saturated rings. The number of benzene rings is 2. The minimum Gasteiger partial charge on any atom is -0.355 e. The van der Waals surface area contributed by atoms with E-state index >= 15 is 0 Å². The molecule has 0 saturated carbocycles. The van der Waals surface area contributed by atoms with Crippen LogP contribution in [-0.2, 0) is 21.9 Å². The Hall–Kier alpha value is -1.57. The second kappa shape index (κ2) is 11.6. The van der Waals surface area contributed by atoms with Gasteiger partial charge in [0.1, 0.15) is 11.9 Å². The van der Waals surface area contributed by atoms with Crippen molar-refractivity contribution in [2.24, 2.45) is 0 Å². The highest BCUT2D eigenvalue weighted by Gasteiger charge is 2.25. The Morgan fingerprint density at radius 3 is 2.55 bits per heavy atom. The third-order valence-electron chi connectivity index (χ3n) is 4.32. The molecule has 2 aromatic rings. The van der Waals surface area contributed by atoms with E-state index in [1.807, 2.05) is 31.2 Å². The summed E-state index contributed by atoms with van der Waals surface area (Å²) in [6.07, 6.45) is 0. The quantitative estimate of drug-likeness (QED) is 0.524. The molecular formula is C21H23BrClFN2O2S. The van der Waals surface area contributed by atoms with E-state index < -0.39 is 6.04 Å². The average molecular weight is 502 g/mol. The third kappa shape index (κ3) is 7.01. The smallest absolute Gasteiger partial charge is 0.242 e. The lowest BCUT2D eigenvalue weighted by molar-refractivity contribution is -0.138. The molecule has 8 heteroatoms. The Morgan fingerprint density at radius 1 is 1.24 bits per heavy atom. The first-order valence-electron chi connectivity index (χ1n) is 9.15. The van der Waals surface area contributed by atoms with E-state index in [-0.39, 0.29) is 29.1 Å². The molecule has 2 aromatic carbocycles. The van der Waals surface area contributed by atoms with Crippen LogP contribution in [0, 0.1) is 5.82 Å². The number of likely N-dealkylation sites (N-methyl/N-ethyl adjacent to an activating group) is 1. The monoisotopic (exact) mass is 500 g/mol. The highest BCUT2D eigenvalue weighted by atomic mass is 79.9. The fraction of sp³-hybridized carbons (Fsp3) is 0.333. The van der Waals surface area contributed by atoms with Crippen molar-refractivity contribution < 1.29 is 14.0 Å². The van der Waals surface area contributed by atoms with Gasteiger partial charge in [0, 0.05) is 33.9 Å². The number of halogens is 3. The number of carbonyl (C=O) groups excluding carboxylic acids is 2. The van der Waals surface area contributed by atoms with Gasteiger partial charge in [-0.3, -0.25) is 9.59 Å². The first kappa shape index (κ1) is 23.7. The molecule has 0 radical (unpaired) electrons. The maximum absolute atomic E-state index is 13.9. The maximum atomic E-state index is 13.9. The normalized spacial score (nSPS) is 11.8. The van der Waals surface area contributed by atoms with Crippen molar-refractivity contribution in [1.82, 2.24) is 10.2 Å². The molecule has 0 aromatic heterocycles. The molecule has 4 nitrogen and oxygen atoms in total. The number of carbonyl (C=O) groups is 2. The standard InChI is InChI=1S/C21H23BrClFN2O2S/c1-3-25-21(28)14(2)26(11-15-7-9-16(22)10-8-15)20(27)13-29-12-17-18(23)5-4-6-19(17)24/h4-10,14H,3,11-13H2,1-2H3,(H,25,28)/t14-/m0/s1. The first-order chi connectivity index (χ1) is 13.8. The third-order valence-corrected chi connectivity index (χ3v) is 6.14. The number of hydrogen-bond acceptors (Lipinski definition) is 3. The summed E-state index contributed by atoms with van der Waals surface area (Å²) in [5.41, 5.74) is 1.29. The maximum Gasteiger partial charge on any atom is 0.242 e. The molecule has 0 aliphatic heterocycles. The second-order valence-corrected chi connectivity index (χ2v) is 8.72. The van der Waals surface area contributed by atoms with Gasteiger partial charge in [-0.15, -0.1) is 11.8 Å². The number of amides is 2. The SMILES string of the molecule is CCNC(=O)[C@H](C)N(Cc1ccc(Br)cc1)C(=O)CSCc1c(F)cccc1Cl. The summed E-state index contributed by atoms with van der Waals surface area (Å²) in [5, 5.41) is 3.10. The highest BCUT2D eigenvalue weighted by molar-refractivity contribution is 9.10. The molecule has 29 heavy (non-hydrogen) atoms. The number of nitrogens with zero attached hydrogens (tertiary/aromatic N) is 1. The van der Waals surface area contributed by atoms with Crippen LogP contribution in [0.3, 0.4) is 0 Å². The van der Waals surface area contributed by atoms with Gasteiger partial charge < -0.3 is 10.2 Å². The molecule has 0 unspecified atom stereocenters. The van der Waals surface area contributed by atoms with Crippen LogP contribution >= 0.6 is 39.3 Å². The van der Waals surface area contributed by atoms with Crippen LogP contribution in [0.25, 0.3) is 0 Å². The summed E-state index contributed by atoms with van der Waals surface area (Å²) in [7, 11) is 0. The van der Waals surface area contributed by atoms with Gasteiger partial charge in [-0.2, -0.15) is 0 Å². The molecule has 0 spiro atoms. The Morgan fingerprint density at radius 2 is 1.93 bits per heavy atom. The number of rotatable bonds is 9. The molecular weight excluding hydrogens is 479 g/mol. The zero-order valence-corrected chi connectivity index (χ0v) is 19.4. The van der Waals surface area contributed by atoms with Crippen molar-refractivity contribution in [2.75, 3.05) is 12.3 Å². The summed E-state index contributed by atoms with van der Waals surface area (Å²) in [5.74, 6) is -0.395. The van der Waals surface area contributed by atoms with Gasteiger partial charge >= 0.3 is 0 Å². The van der Waals surface area contributed by atoms with Gasteiger partial charge in [0.25, 0.3) is 0 Å². The molecule has 1 N–H and O–H groups in total. The van der Waals surface area contributed by atoms with Crippen molar-refractivity contribution >= 4 is 51.1 Å². The van der Waals surface area contributed by atoms with Crippen molar-refractivity contribution in [3.05, 3.63) is 68.9 Å². The molecule has 2 rings (SSSR count). The van der Waals surface area contributed by atoms with E-state index in [1.165, 1.54) is 17.8 Å². The Bertz CT molecular complexity index is 831. The van der Waals surface area contributed by atoms with E-state index in [0.717, 1.165) is 10.0 Å². The van der Waals surface area contributed by atoms with Gasteiger partial charge in [0.2, 0.25) is 11.8 Å². The van der Waals surface area contributed by atoms with E-state index in [0.29, 0.717) is 23.7 Å². The van der Waals surface area contributed by atoms with E-state index in [2.05, 4.69) is 21.2 Å². The van der Waals surface area contributed by atoms with Crippen LogP contribution in [0.15, 0.2) is 46.9 Å². The predicted octanol–water partition coefficient (Wildman–Crippen LogP) is 5.03. The molecule has 0 saturated heterocycles. The molecule has 0 bridgehead atoms. The van der Waals surface area contributed by atoms with Gasteiger partial charge in [0.15, 0.2) is 0 Å². The summed E-state index contributed by atoms with van der Waals surface area (Å²) in [6.45, 7) is 4.34. The summed E-state index contributed by atoms with van der Waals surface area (Å²) in [6, 6.07) is 11.5. The number of thioether (sulfide) groups is 1. The van der Waals surface area contributed by atoms with Gasteiger partial charge in [-0.05, 0) is 43.7 Å². The Balaban J connectivity index is 2.08. The van der Waals surface area contributed by atoms with Crippen LogP contribution in [-0.4, -0.2) is 35.1 Å². The number of hydrogen-bond donors (Lipinski definition) is 1. The van der Waals surface area contributed by atoms with Crippen molar-refractivity contribution in [2.45, 2.75) is 32.2 Å². The fourth-order valence-electron chi connectivity index (χ4n) is 2.68. The molecule has 0 heterocycles. The van der Waals surface area contributed by atoms with E-state index in [4.69, 9.17) is 11.6 Å². The van der Waals surface area contributed by atoms with E-state index in [9.17, 15) is 14.0 Å². The predicted molar refractivity (Wildman–Crippen MR) is 120 cm³/mol. The highest BCUT2D eigenvalue weighted by Crippen LogP contribution is 2.24.